The summed E-state index contributed by atoms with van der Waals surface area (Å²) in [5.41, 5.74) is 1.79. The Morgan fingerprint density at radius 1 is 1.18 bits per heavy atom. The number of benzene rings is 2. The molecule has 2 aromatic carbocycles. The highest BCUT2D eigenvalue weighted by atomic mass is 79.9. The van der Waals surface area contributed by atoms with Crippen LogP contribution < -0.4 is 10.1 Å². The van der Waals surface area contributed by atoms with E-state index >= 15 is 0 Å². The van der Waals surface area contributed by atoms with Gasteiger partial charge in [-0.15, -0.1) is 0 Å². The molecule has 1 aromatic heterocycles. The topological polar surface area (TPSA) is 43.3 Å². The summed E-state index contributed by atoms with van der Waals surface area (Å²) in [7, 11) is 1.64. The van der Waals surface area contributed by atoms with E-state index in [1.165, 1.54) is 0 Å². The summed E-state index contributed by atoms with van der Waals surface area (Å²) in [5, 5.41) is 3.94. The first-order valence-corrected chi connectivity index (χ1v) is 7.63. The number of aromatic nitrogens is 1. The average Bonchev–Trinajstić information content (AvgIpc) is 2.91. The van der Waals surface area contributed by atoms with Gasteiger partial charge in [0.1, 0.15) is 12.3 Å². The number of hydrogen-bond acceptors (Lipinski definition) is 2. The Morgan fingerprint density at radius 3 is 2.68 bits per heavy atom. The van der Waals surface area contributed by atoms with Gasteiger partial charge in [-0.25, -0.2) is 0 Å². The highest BCUT2D eigenvalue weighted by Crippen LogP contribution is 2.22. The van der Waals surface area contributed by atoms with Gasteiger partial charge in [-0.2, -0.15) is 0 Å². The van der Waals surface area contributed by atoms with Crippen LogP contribution in [0, 0.1) is 0 Å². The van der Waals surface area contributed by atoms with E-state index in [4.69, 9.17) is 4.74 Å². The van der Waals surface area contributed by atoms with Crippen LogP contribution >= 0.6 is 15.9 Å². The quantitative estimate of drug-likeness (QED) is 0.764. The van der Waals surface area contributed by atoms with Crippen LogP contribution in [0.25, 0.3) is 10.9 Å². The maximum absolute atomic E-state index is 12.2. The van der Waals surface area contributed by atoms with Crippen LogP contribution in [0.3, 0.4) is 0 Å². The van der Waals surface area contributed by atoms with Crippen molar-refractivity contribution in [3.8, 4) is 5.75 Å². The normalized spacial score (nSPS) is 10.6. The fourth-order valence-electron chi connectivity index (χ4n) is 2.33. The molecule has 1 N–H and O–H groups in total. The summed E-state index contributed by atoms with van der Waals surface area (Å²) >= 11 is 3.37. The van der Waals surface area contributed by atoms with Crippen LogP contribution in [-0.2, 0) is 11.3 Å². The Balaban J connectivity index is 1.75. The molecule has 0 saturated carbocycles. The third-order valence-corrected chi connectivity index (χ3v) is 3.95. The SMILES string of the molecule is COc1ccc2c(ccn2CC(=O)Nc2ccc(Br)cc2)c1. The van der Waals surface area contributed by atoms with E-state index in [1.54, 1.807) is 7.11 Å². The summed E-state index contributed by atoms with van der Waals surface area (Å²) in [6.45, 7) is 0.270. The smallest absolute Gasteiger partial charge is 0.244 e. The number of ether oxygens (including phenoxy) is 1. The number of carbonyl (C=O) groups excluding carboxylic acids is 1. The molecule has 1 amide bonds. The van der Waals surface area contributed by atoms with Gasteiger partial charge in [0.05, 0.1) is 7.11 Å². The minimum atomic E-state index is -0.0596. The molecule has 0 unspecified atom stereocenters. The molecule has 3 rings (SSSR count). The van der Waals surface area contributed by atoms with Crippen LogP contribution in [0.5, 0.6) is 5.75 Å². The molecule has 22 heavy (non-hydrogen) atoms. The summed E-state index contributed by atoms with van der Waals surface area (Å²) in [5.74, 6) is 0.750. The predicted octanol–water partition coefficient (Wildman–Crippen LogP) is 4.05. The summed E-state index contributed by atoms with van der Waals surface area (Å²) in [6.07, 6.45) is 1.91. The van der Waals surface area contributed by atoms with Gasteiger partial charge >= 0.3 is 0 Å². The molecule has 5 heteroatoms. The standard InChI is InChI=1S/C17H15BrN2O2/c1-22-15-6-7-16-12(10-15)8-9-20(16)11-17(21)19-14-4-2-13(18)3-5-14/h2-10H,11H2,1H3,(H,19,21). The van der Waals surface area contributed by atoms with Crippen molar-refractivity contribution in [3.63, 3.8) is 0 Å². The number of nitrogens with one attached hydrogen (secondary N) is 1. The van der Waals surface area contributed by atoms with Crippen molar-refractivity contribution in [2.75, 3.05) is 12.4 Å². The van der Waals surface area contributed by atoms with Crippen molar-refractivity contribution >= 4 is 38.4 Å². The van der Waals surface area contributed by atoms with Gasteiger partial charge in [-0.3, -0.25) is 4.79 Å². The molecule has 0 aliphatic rings. The molecule has 0 spiro atoms. The van der Waals surface area contributed by atoms with Gasteiger partial charge in [0, 0.05) is 27.3 Å². The Kier molecular flexibility index (Phi) is 4.15. The molecule has 112 valence electrons. The number of nitrogens with zero attached hydrogens (tertiary/aromatic N) is 1. The van der Waals surface area contributed by atoms with Gasteiger partial charge in [-0.1, -0.05) is 15.9 Å². The van der Waals surface area contributed by atoms with Crippen LogP contribution in [0.1, 0.15) is 0 Å². The lowest BCUT2D eigenvalue weighted by atomic mass is 10.2. The second-order valence-corrected chi connectivity index (χ2v) is 5.84. The fraction of sp³-hybridized carbons (Fsp3) is 0.118. The van der Waals surface area contributed by atoms with Crippen molar-refractivity contribution in [3.05, 3.63) is 59.2 Å². The monoisotopic (exact) mass is 358 g/mol. The zero-order valence-corrected chi connectivity index (χ0v) is 13.6. The summed E-state index contributed by atoms with van der Waals surface area (Å²) in [6, 6.07) is 15.3. The molecule has 1 heterocycles. The first-order valence-electron chi connectivity index (χ1n) is 6.84. The number of hydrogen-bond donors (Lipinski definition) is 1. The highest BCUT2D eigenvalue weighted by molar-refractivity contribution is 9.10. The molecule has 0 radical (unpaired) electrons. The molecule has 4 nitrogen and oxygen atoms in total. The number of methoxy groups -OCH3 is 1. The van der Waals surface area contributed by atoms with E-state index in [0.29, 0.717) is 0 Å². The number of amides is 1. The molecular formula is C17H15BrN2O2. The number of rotatable bonds is 4. The lowest BCUT2D eigenvalue weighted by Gasteiger charge is -2.08. The van der Waals surface area contributed by atoms with Crippen LogP contribution in [0.2, 0.25) is 0 Å². The van der Waals surface area contributed by atoms with Gasteiger partial charge in [-0.05, 0) is 48.5 Å². The fourth-order valence-corrected chi connectivity index (χ4v) is 2.60. The number of fused-ring (bicyclic) bond motifs is 1. The van der Waals surface area contributed by atoms with Gasteiger partial charge < -0.3 is 14.6 Å². The lowest BCUT2D eigenvalue weighted by molar-refractivity contribution is -0.116. The third-order valence-electron chi connectivity index (χ3n) is 3.42. The van der Waals surface area contributed by atoms with E-state index in [1.807, 2.05) is 59.3 Å². The third kappa shape index (κ3) is 3.14. The van der Waals surface area contributed by atoms with Gasteiger partial charge in [0.15, 0.2) is 0 Å². The van der Waals surface area contributed by atoms with Crippen molar-refractivity contribution < 1.29 is 9.53 Å². The molecule has 0 aliphatic heterocycles. The van der Waals surface area contributed by atoms with E-state index in [-0.39, 0.29) is 12.5 Å². The van der Waals surface area contributed by atoms with Crippen molar-refractivity contribution in [2.24, 2.45) is 0 Å². The second kappa shape index (κ2) is 6.23. The Bertz CT molecular complexity index is 809. The average molecular weight is 359 g/mol. The van der Waals surface area contributed by atoms with Crippen molar-refractivity contribution in [1.29, 1.82) is 0 Å². The molecule has 0 fully saturated rings. The summed E-state index contributed by atoms with van der Waals surface area (Å²) in [4.78, 5) is 12.2. The molecule has 0 bridgehead atoms. The maximum Gasteiger partial charge on any atom is 0.244 e. The van der Waals surface area contributed by atoms with Crippen LogP contribution in [-0.4, -0.2) is 17.6 Å². The van der Waals surface area contributed by atoms with E-state index in [0.717, 1.165) is 26.8 Å². The predicted molar refractivity (Wildman–Crippen MR) is 91.3 cm³/mol. The molecule has 0 atom stereocenters. The zero-order valence-electron chi connectivity index (χ0n) is 12.0. The van der Waals surface area contributed by atoms with Crippen LogP contribution in [0.4, 0.5) is 5.69 Å². The second-order valence-electron chi connectivity index (χ2n) is 4.92. The van der Waals surface area contributed by atoms with E-state index in [2.05, 4.69) is 21.2 Å². The summed E-state index contributed by atoms with van der Waals surface area (Å²) < 4.78 is 8.11. The number of carbonyl (C=O) groups is 1. The minimum absolute atomic E-state index is 0.0596. The van der Waals surface area contributed by atoms with Crippen molar-refractivity contribution in [1.82, 2.24) is 4.57 Å². The maximum atomic E-state index is 12.2. The lowest BCUT2D eigenvalue weighted by Crippen LogP contribution is -2.18. The first kappa shape index (κ1) is 14.7. The largest absolute Gasteiger partial charge is 0.497 e. The Labute approximate surface area is 136 Å². The van der Waals surface area contributed by atoms with Crippen molar-refractivity contribution in [2.45, 2.75) is 6.54 Å². The molecule has 0 aliphatic carbocycles. The Morgan fingerprint density at radius 2 is 1.95 bits per heavy atom. The van der Waals surface area contributed by atoms with E-state index in [9.17, 15) is 4.79 Å². The van der Waals surface area contributed by atoms with E-state index < -0.39 is 0 Å². The molecule has 0 saturated heterocycles. The zero-order chi connectivity index (χ0) is 15.5. The molecular weight excluding hydrogens is 344 g/mol. The number of halogens is 1. The first-order chi connectivity index (χ1) is 10.7. The van der Waals surface area contributed by atoms with Gasteiger partial charge in [0.25, 0.3) is 0 Å². The Hall–Kier alpha value is -2.27. The highest BCUT2D eigenvalue weighted by Gasteiger charge is 2.07. The van der Waals surface area contributed by atoms with Gasteiger partial charge in [0.2, 0.25) is 5.91 Å². The molecule has 3 aromatic rings. The minimum Gasteiger partial charge on any atom is -0.497 e. The number of anilines is 1. The van der Waals surface area contributed by atoms with Crippen LogP contribution in [0.15, 0.2) is 59.2 Å².